The van der Waals surface area contributed by atoms with Crippen LogP contribution >= 0.6 is 0 Å². The zero-order valence-electron chi connectivity index (χ0n) is 15.1. The van der Waals surface area contributed by atoms with Crippen LogP contribution in [0.1, 0.15) is 25.7 Å². The van der Waals surface area contributed by atoms with E-state index in [0.717, 1.165) is 37.6 Å². The number of nitrogens with two attached hydrogens (primary N) is 1. The van der Waals surface area contributed by atoms with E-state index in [-0.39, 0.29) is 54.0 Å². The SMILES string of the molecule is NC1CC2OC1C1CN(CC(=O)NC34C[C@@H]5C[C@@H](CN(C5)C3)C4)C(=O)C21. The van der Waals surface area contributed by atoms with Gasteiger partial charge in [0.2, 0.25) is 11.8 Å². The molecule has 7 fully saturated rings. The Kier molecular flexibility index (Phi) is 3.17. The standard InChI is InChI=1S/C19H28N4O3/c20-13-2-14-16-12(17(13)26-14)7-23(18(16)25)8-15(24)21-19-3-10-1-11(4-19)6-22(5-10)9-19/h10-14,16-17H,1-9,20H2,(H,21,24)/t10-,11+,12?,13?,14?,16?,17?,19?. The van der Waals surface area contributed by atoms with Gasteiger partial charge in [-0.1, -0.05) is 0 Å². The highest BCUT2D eigenvalue weighted by Crippen LogP contribution is 2.48. The fraction of sp³-hybridized carbons (Fsp3) is 0.895. The lowest BCUT2D eigenvalue weighted by atomic mass is 9.64. The topological polar surface area (TPSA) is 87.9 Å². The number of carbonyl (C=O) groups is 2. The smallest absolute Gasteiger partial charge is 0.240 e. The van der Waals surface area contributed by atoms with Gasteiger partial charge in [0.15, 0.2) is 0 Å². The number of hydrogen-bond donors (Lipinski definition) is 2. The summed E-state index contributed by atoms with van der Waals surface area (Å²) < 4.78 is 5.89. The summed E-state index contributed by atoms with van der Waals surface area (Å²) in [6, 6.07) is 0.0453. The largest absolute Gasteiger partial charge is 0.372 e. The summed E-state index contributed by atoms with van der Waals surface area (Å²) in [6.45, 7) is 4.20. The Morgan fingerprint density at radius 2 is 2.00 bits per heavy atom. The van der Waals surface area contributed by atoms with E-state index in [0.29, 0.717) is 6.54 Å². The normalized spacial score (nSPS) is 53.4. The van der Waals surface area contributed by atoms with Crippen molar-refractivity contribution in [1.29, 1.82) is 0 Å². The Labute approximate surface area is 153 Å². The van der Waals surface area contributed by atoms with Crippen LogP contribution < -0.4 is 11.1 Å². The molecule has 7 aliphatic rings. The van der Waals surface area contributed by atoms with Gasteiger partial charge >= 0.3 is 0 Å². The Morgan fingerprint density at radius 1 is 1.23 bits per heavy atom. The van der Waals surface area contributed by atoms with Crippen molar-refractivity contribution in [2.45, 2.75) is 49.5 Å². The Hall–Kier alpha value is -1.18. The molecule has 3 N–H and O–H groups in total. The second kappa shape index (κ2) is 5.20. The minimum absolute atomic E-state index is 0.00188. The van der Waals surface area contributed by atoms with E-state index in [2.05, 4.69) is 10.2 Å². The first-order chi connectivity index (χ1) is 12.5. The molecule has 7 rings (SSSR count). The van der Waals surface area contributed by atoms with Crippen LogP contribution in [0.25, 0.3) is 0 Å². The molecule has 2 amide bonds. The third-order valence-corrected chi connectivity index (χ3v) is 7.89. The number of rotatable bonds is 3. The van der Waals surface area contributed by atoms with Crippen LogP contribution in [0.2, 0.25) is 0 Å². The van der Waals surface area contributed by atoms with Gasteiger partial charge in [0.1, 0.15) is 0 Å². The highest BCUT2D eigenvalue weighted by atomic mass is 16.5. The van der Waals surface area contributed by atoms with Gasteiger partial charge in [0, 0.05) is 38.1 Å². The van der Waals surface area contributed by atoms with Crippen molar-refractivity contribution in [2.75, 3.05) is 32.7 Å². The van der Waals surface area contributed by atoms with E-state index in [1.165, 1.54) is 19.5 Å². The van der Waals surface area contributed by atoms with Crippen LogP contribution in [-0.2, 0) is 14.3 Å². The van der Waals surface area contributed by atoms with Crippen LogP contribution in [0.15, 0.2) is 0 Å². The summed E-state index contributed by atoms with van der Waals surface area (Å²) in [5.41, 5.74) is 6.07. The first kappa shape index (κ1) is 15.8. The molecule has 7 nitrogen and oxygen atoms in total. The lowest BCUT2D eigenvalue weighted by molar-refractivity contribution is -0.139. The van der Waals surface area contributed by atoms with Gasteiger partial charge in [-0.05, 0) is 37.5 Å². The third-order valence-electron chi connectivity index (χ3n) is 7.89. The summed E-state index contributed by atoms with van der Waals surface area (Å²) in [5.74, 6) is 1.68. The van der Waals surface area contributed by atoms with Crippen LogP contribution in [0.3, 0.4) is 0 Å². The van der Waals surface area contributed by atoms with Crippen LogP contribution in [0, 0.1) is 23.7 Å². The van der Waals surface area contributed by atoms with E-state index in [1.807, 2.05) is 0 Å². The second-order valence-electron chi connectivity index (χ2n) is 9.85. The number of fused-ring (bicyclic) bond motifs is 5. The minimum atomic E-state index is -0.0711. The molecule has 142 valence electrons. The van der Waals surface area contributed by atoms with E-state index in [9.17, 15) is 9.59 Å². The zero-order valence-corrected chi connectivity index (χ0v) is 15.1. The average molecular weight is 360 g/mol. The molecule has 6 aliphatic heterocycles. The highest BCUT2D eigenvalue weighted by Gasteiger charge is 2.60. The maximum atomic E-state index is 12.8. The molecule has 6 bridgehead atoms. The maximum absolute atomic E-state index is 12.8. The summed E-state index contributed by atoms with van der Waals surface area (Å²) in [6.07, 6.45) is 4.29. The molecular weight excluding hydrogens is 332 g/mol. The number of amides is 2. The number of nitrogens with zero attached hydrogens (tertiary/aromatic N) is 2. The van der Waals surface area contributed by atoms with Crippen molar-refractivity contribution in [1.82, 2.24) is 15.1 Å². The van der Waals surface area contributed by atoms with Gasteiger partial charge in [-0.3, -0.25) is 9.59 Å². The quantitative estimate of drug-likeness (QED) is 0.685. The van der Waals surface area contributed by atoms with E-state index in [4.69, 9.17) is 10.5 Å². The number of ether oxygens (including phenoxy) is 1. The predicted octanol–water partition coefficient (Wildman–Crippen LogP) is -0.840. The minimum Gasteiger partial charge on any atom is -0.372 e. The van der Waals surface area contributed by atoms with E-state index in [1.54, 1.807) is 4.90 Å². The lowest BCUT2D eigenvalue weighted by Crippen LogP contribution is -2.69. The molecule has 1 aliphatic carbocycles. The molecule has 0 spiro atoms. The molecule has 0 aromatic heterocycles. The number of carbonyl (C=O) groups excluding carboxylic acids is 2. The third kappa shape index (κ3) is 2.17. The van der Waals surface area contributed by atoms with E-state index >= 15 is 0 Å². The Morgan fingerprint density at radius 3 is 2.73 bits per heavy atom. The molecular formula is C19H28N4O3. The number of hydrogen-bond acceptors (Lipinski definition) is 5. The van der Waals surface area contributed by atoms with Crippen molar-refractivity contribution >= 4 is 11.8 Å². The number of piperidine rings is 3. The van der Waals surface area contributed by atoms with Crippen LogP contribution in [-0.4, -0.2) is 78.1 Å². The molecule has 26 heavy (non-hydrogen) atoms. The van der Waals surface area contributed by atoms with Gasteiger partial charge in [0.05, 0.1) is 30.2 Å². The first-order valence-corrected chi connectivity index (χ1v) is 10.2. The summed E-state index contributed by atoms with van der Waals surface area (Å²) >= 11 is 0. The van der Waals surface area contributed by atoms with Crippen LogP contribution in [0.4, 0.5) is 0 Å². The zero-order chi connectivity index (χ0) is 17.6. The average Bonchev–Trinajstić information content (AvgIpc) is 3.17. The van der Waals surface area contributed by atoms with Crippen molar-refractivity contribution in [2.24, 2.45) is 29.4 Å². The van der Waals surface area contributed by atoms with Gasteiger partial charge < -0.3 is 25.6 Å². The molecule has 7 unspecified atom stereocenters. The Balaban J connectivity index is 1.13. The van der Waals surface area contributed by atoms with Crippen molar-refractivity contribution < 1.29 is 14.3 Å². The highest BCUT2D eigenvalue weighted by molar-refractivity contribution is 5.88. The van der Waals surface area contributed by atoms with Gasteiger partial charge in [-0.25, -0.2) is 0 Å². The second-order valence-corrected chi connectivity index (χ2v) is 9.85. The molecule has 6 saturated heterocycles. The predicted molar refractivity (Wildman–Crippen MR) is 93.0 cm³/mol. The lowest BCUT2D eigenvalue weighted by Gasteiger charge is -2.58. The summed E-state index contributed by atoms with van der Waals surface area (Å²) in [7, 11) is 0. The first-order valence-electron chi connectivity index (χ1n) is 10.2. The summed E-state index contributed by atoms with van der Waals surface area (Å²) in [5, 5.41) is 3.35. The van der Waals surface area contributed by atoms with Gasteiger partial charge in [-0.2, -0.15) is 0 Å². The van der Waals surface area contributed by atoms with E-state index < -0.39 is 0 Å². The van der Waals surface area contributed by atoms with Gasteiger partial charge in [-0.15, -0.1) is 0 Å². The molecule has 0 aromatic rings. The number of likely N-dealkylation sites (tertiary alicyclic amines) is 1. The fourth-order valence-corrected chi connectivity index (χ4v) is 7.39. The van der Waals surface area contributed by atoms with Crippen molar-refractivity contribution in [3.8, 4) is 0 Å². The maximum Gasteiger partial charge on any atom is 0.240 e. The fourth-order valence-electron chi connectivity index (χ4n) is 7.39. The molecule has 0 aromatic carbocycles. The monoisotopic (exact) mass is 360 g/mol. The van der Waals surface area contributed by atoms with Gasteiger partial charge in [0.25, 0.3) is 0 Å². The van der Waals surface area contributed by atoms with Crippen molar-refractivity contribution in [3.05, 3.63) is 0 Å². The molecule has 7 heteroatoms. The number of nitrogens with one attached hydrogen (secondary N) is 1. The summed E-state index contributed by atoms with van der Waals surface area (Å²) in [4.78, 5) is 29.9. The molecule has 9 atom stereocenters. The molecule has 0 radical (unpaired) electrons. The van der Waals surface area contributed by atoms with Crippen molar-refractivity contribution in [3.63, 3.8) is 0 Å². The Bertz CT molecular complexity index is 632. The molecule has 6 heterocycles. The van der Waals surface area contributed by atoms with Crippen LogP contribution in [0.5, 0.6) is 0 Å². The molecule has 1 saturated carbocycles.